The highest BCUT2D eigenvalue weighted by atomic mass is 35.5. The van der Waals surface area contributed by atoms with Gasteiger partial charge in [0, 0.05) is 17.6 Å². The van der Waals surface area contributed by atoms with Gasteiger partial charge in [0.1, 0.15) is 11.9 Å². The molecular formula is C12H19Cl2N3O2S. The number of aromatic nitrogens is 1. The van der Waals surface area contributed by atoms with Crippen LogP contribution in [0.15, 0.2) is 23.2 Å². The number of ether oxygens (including phenoxy) is 1. The van der Waals surface area contributed by atoms with Gasteiger partial charge in [0.2, 0.25) is 5.91 Å². The first kappa shape index (κ1) is 19.5. The zero-order chi connectivity index (χ0) is 13.0. The molecule has 1 saturated heterocycles. The lowest BCUT2D eigenvalue weighted by atomic mass is 10.1. The van der Waals surface area contributed by atoms with Crippen molar-refractivity contribution in [1.82, 2.24) is 10.3 Å². The SMILES string of the molecule is CSc1ccc(NC(=O)[C@H]2NCCO[C@@H]2C)nc1.Cl.Cl. The first-order valence-corrected chi connectivity index (χ1v) is 7.09. The Hall–Kier alpha value is -0.530. The molecule has 2 heterocycles. The van der Waals surface area contributed by atoms with Crippen LogP contribution < -0.4 is 10.6 Å². The summed E-state index contributed by atoms with van der Waals surface area (Å²) in [6.07, 6.45) is 3.61. The van der Waals surface area contributed by atoms with E-state index in [1.807, 2.05) is 19.2 Å². The van der Waals surface area contributed by atoms with Crippen molar-refractivity contribution >= 4 is 48.3 Å². The number of hydrogen-bond donors (Lipinski definition) is 2. The summed E-state index contributed by atoms with van der Waals surface area (Å²) >= 11 is 1.62. The summed E-state index contributed by atoms with van der Waals surface area (Å²) in [6.45, 7) is 3.23. The second-order valence-corrected chi connectivity index (χ2v) is 4.96. The standard InChI is InChI=1S/C12H17N3O2S.2ClH/c1-8-11(13-5-6-17-8)12(16)15-10-4-3-9(18-2)7-14-10;;/h3-4,7-8,11,13H,5-6H2,1-2H3,(H,14,15,16);2*1H/t8-,11+;;/m1../s1. The molecule has 20 heavy (non-hydrogen) atoms. The number of nitrogens with zero attached hydrogens (tertiary/aromatic N) is 1. The molecule has 0 saturated carbocycles. The second kappa shape index (κ2) is 9.41. The van der Waals surface area contributed by atoms with Crippen LogP contribution in [0.5, 0.6) is 0 Å². The maximum atomic E-state index is 12.0. The molecule has 8 heteroatoms. The minimum atomic E-state index is -0.319. The van der Waals surface area contributed by atoms with Gasteiger partial charge >= 0.3 is 0 Å². The van der Waals surface area contributed by atoms with Crippen molar-refractivity contribution in [1.29, 1.82) is 0 Å². The molecule has 2 N–H and O–H groups in total. The van der Waals surface area contributed by atoms with Crippen LogP contribution >= 0.6 is 36.6 Å². The fourth-order valence-corrected chi connectivity index (χ4v) is 2.17. The zero-order valence-corrected chi connectivity index (χ0v) is 13.7. The first-order valence-electron chi connectivity index (χ1n) is 5.86. The normalized spacial score (nSPS) is 21.3. The molecular weight excluding hydrogens is 321 g/mol. The average molecular weight is 340 g/mol. The number of nitrogens with one attached hydrogen (secondary N) is 2. The molecule has 1 fully saturated rings. The topological polar surface area (TPSA) is 63.2 Å². The molecule has 5 nitrogen and oxygen atoms in total. The number of rotatable bonds is 3. The summed E-state index contributed by atoms with van der Waals surface area (Å²) in [5, 5.41) is 5.93. The Balaban J connectivity index is 0.00000180. The van der Waals surface area contributed by atoms with Crippen LogP contribution in [-0.2, 0) is 9.53 Å². The van der Waals surface area contributed by atoms with Crippen LogP contribution in [0.2, 0.25) is 0 Å². The molecule has 1 aliphatic heterocycles. The van der Waals surface area contributed by atoms with Gasteiger partial charge in [0.25, 0.3) is 0 Å². The fourth-order valence-electron chi connectivity index (χ4n) is 1.81. The van der Waals surface area contributed by atoms with Crippen LogP contribution in [0.25, 0.3) is 0 Å². The monoisotopic (exact) mass is 339 g/mol. The Bertz CT molecular complexity index is 420. The minimum absolute atomic E-state index is 0. The first-order chi connectivity index (χ1) is 8.70. The Morgan fingerprint density at radius 1 is 1.50 bits per heavy atom. The van der Waals surface area contributed by atoms with E-state index in [4.69, 9.17) is 4.74 Å². The van der Waals surface area contributed by atoms with E-state index >= 15 is 0 Å². The molecule has 114 valence electrons. The number of thioether (sulfide) groups is 1. The van der Waals surface area contributed by atoms with Gasteiger partial charge in [0.15, 0.2) is 0 Å². The number of halogens is 2. The van der Waals surface area contributed by atoms with Gasteiger partial charge in [-0.2, -0.15) is 0 Å². The van der Waals surface area contributed by atoms with Gasteiger partial charge in [-0.05, 0) is 25.3 Å². The second-order valence-electron chi connectivity index (χ2n) is 4.08. The predicted octanol–water partition coefficient (Wildman–Crippen LogP) is 1.96. The van der Waals surface area contributed by atoms with Gasteiger partial charge in [0.05, 0.1) is 12.7 Å². The number of morpholine rings is 1. The molecule has 0 radical (unpaired) electrons. The van der Waals surface area contributed by atoms with Gasteiger partial charge < -0.3 is 15.4 Å². The molecule has 1 aromatic rings. The number of carbonyl (C=O) groups is 1. The molecule has 1 aliphatic rings. The van der Waals surface area contributed by atoms with Crippen LogP contribution in [0, 0.1) is 0 Å². The third-order valence-electron chi connectivity index (χ3n) is 2.82. The van der Waals surface area contributed by atoms with Crippen LogP contribution in [0.4, 0.5) is 5.82 Å². The van der Waals surface area contributed by atoms with E-state index in [-0.39, 0.29) is 42.9 Å². The van der Waals surface area contributed by atoms with E-state index in [9.17, 15) is 4.79 Å². The van der Waals surface area contributed by atoms with Crippen molar-refractivity contribution < 1.29 is 9.53 Å². The highest BCUT2D eigenvalue weighted by Crippen LogP contribution is 2.15. The third kappa shape index (κ3) is 5.10. The van der Waals surface area contributed by atoms with Gasteiger partial charge in [-0.1, -0.05) is 0 Å². The Morgan fingerprint density at radius 2 is 2.25 bits per heavy atom. The Kier molecular flexibility index (Phi) is 9.16. The molecule has 1 amide bonds. The van der Waals surface area contributed by atoms with Crippen molar-refractivity contribution in [3.8, 4) is 0 Å². The van der Waals surface area contributed by atoms with E-state index in [0.29, 0.717) is 19.0 Å². The number of anilines is 1. The smallest absolute Gasteiger partial charge is 0.245 e. The number of pyridine rings is 1. The van der Waals surface area contributed by atoms with Gasteiger partial charge in [-0.15, -0.1) is 36.6 Å². The highest BCUT2D eigenvalue weighted by Gasteiger charge is 2.28. The minimum Gasteiger partial charge on any atom is -0.375 e. The van der Waals surface area contributed by atoms with E-state index in [2.05, 4.69) is 15.6 Å². The summed E-state index contributed by atoms with van der Waals surface area (Å²) in [4.78, 5) is 17.3. The number of carbonyl (C=O) groups excluding carboxylic acids is 1. The molecule has 0 aromatic carbocycles. The quantitative estimate of drug-likeness (QED) is 0.824. The average Bonchev–Trinajstić information content (AvgIpc) is 2.40. The molecule has 2 rings (SSSR count). The van der Waals surface area contributed by atoms with Gasteiger partial charge in [-0.25, -0.2) is 4.98 Å². The largest absolute Gasteiger partial charge is 0.375 e. The number of hydrogen-bond acceptors (Lipinski definition) is 5. The lowest BCUT2D eigenvalue weighted by Gasteiger charge is -2.29. The lowest BCUT2D eigenvalue weighted by molar-refractivity contribution is -0.123. The van der Waals surface area contributed by atoms with E-state index in [1.54, 1.807) is 24.0 Å². The summed E-state index contributed by atoms with van der Waals surface area (Å²) in [7, 11) is 0. The molecule has 0 bridgehead atoms. The van der Waals surface area contributed by atoms with Crippen LogP contribution in [0.1, 0.15) is 6.92 Å². The summed E-state index contributed by atoms with van der Waals surface area (Å²) < 4.78 is 5.44. The van der Waals surface area contributed by atoms with Gasteiger partial charge in [-0.3, -0.25) is 4.79 Å². The summed E-state index contributed by atoms with van der Waals surface area (Å²) in [5.41, 5.74) is 0. The van der Waals surface area contributed by atoms with Crippen molar-refractivity contribution in [3.63, 3.8) is 0 Å². The number of amides is 1. The molecule has 0 aliphatic carbocycles. The molecule has 0 unspecified atom stereocenters. The molecule has 0 spiro atoms. The van der Waals surface area contributed by atoms with Crippen molar-refractivity contribution in [2.24, 2.45) is 0 Å². The van der Waals surface area contributed by atoms with Crippen molar-refractivity contribution in [2.45, 2.75) is 24.0 Å². The highest BCUT2D eigenvalue weighted by molar-refractivity contribution is 7.98. The van der Waals surface area contributed by atoms with E-state index in [0.717, 1.165) is 4.90 Å². The van der Waals surface area contributed by atoms with Crippen molar-refractivity contribution in [3.05, 3.63) is 18.3 Å². The van der Waals surface area contributed by atoms with Crippen LogP contribution in [0.3, 0.4) is 0 Å². The maximum Gasteiger partial charge on any atom is 0.245 e. The van der Waals surface area contributed by atoms with Crippen LogP contribution in [-0.4, -0.2) is 42.4 Å². The lowest BCUT2D eigenvalue weighted by Crippen LogP contribution is -2.53. The fraction of sp³-hybridized carbons (Fsp3) is 0.500. The Labute approximate surface area is 135 Å². The molecule has 2 atom stereocenters. The summed E-state index contributed by atoms with van der Waals surface area (Å²) in [6, 6.07) is 3.42. The zero-order valence-electron chi connectivity index (χ0n) is 11.3. The molecule has 1 aromatic heterocycles. The van der Waals surface area contributed by atoms with E-state index in [1.165, 1.54) is 0 Å². The van der Waals surface area contributed by atoms with E-state index < -0.39 is 0 Å². The summed E-state index contributed by atoms with van der Waals surface area (Å²) in [5.74, 6) is 0.462. The predicted molar refractivity (Wildman–Crippen MR) is 86.3 cm³/mol. The van der Waals surface area contributed by atoms with Crippen molar-refractivity contribution in [2.75, 3.05) is 24.7 Å². The Morgan fingerprint density at radius 3 is 2.80 bits per heavy atom. The third-order valence-corrected chi connectivity index (χ3v) is 3.54. The maximum absolute atomic E-state index is 12.0.